The van der Waals surface area contributed by atoms with E-state index in [2.05, 4.69) is 52.5 Å². The van der Waals surface area contributed by atoms with E-state index >= 15 is 0 Å². The number of rotatable bonds is 6. The number of hydrogen-bond donors (Lipinski definition) is 0. The van der Waals surface area contributed by atoms with Gasteiger partial charge in [0.25, 0.3) is 0 Å². The van der Waals surface area contributed by atoms with E-state index in [0.717, 1.165) is 25.4 Å². The highest BCUT2D eigenvalue weighted by atomic mass is 15.2. The van der Waals surface area contributed by atoms with E-state index in [1.54, 1.807) is 0 Å². The zero-order valence-electron chi connectivity index (χ0n) is 14.4. The van der Waals surface area contributed by atoms with E-state index in [1.807, 2.05) is 0 Å². The van der Waals surface area contributed by atoms with Crippen molar-refractivity contribution in [2.24, 2.45) is 23.2 Å². The highest BCUT2D eigenvalue weighted by Crippen LogP contribution is 2.43. The van der Waals surface area contributed by atoms with Crippen LogP contribution in [0.1, 0.15) is 67.2 Å². The largest absolute Gasteiger partial charge is 0.299 e. The van der Waals surface area contributed by atoms with Crippen LogP contribution >= 0.6 is 0 Å². The quantitative estimate of drug-likeness (QED) is 0.703. The molecule has 0 aromatic rings. The van der Waals surface area contributed by atoms with Gasteiger partial charge in [-0.1, -0.05) is 48.0 Å². The van der Waals surface area contributed by atoms with Crippen LogP contribution in [0.3, 0.4) is 0 Å². The van der Waals surface area contributed by atoms with Crippen LogP contribution in [0.15, 0.2) is 0 Å². The fraction of sp³-hybridized carbons (Fsp3) is 0.944. The van der Waals surface area contributed by atoms with Crippen molar-refractivity contribution in [3.05, 3.63) is 0 Å². The zero-order valence-corrected chi connectivity index (χ0v) is 14.4. The van der Waals surface area contributed by atoms with Crippen molar-refractivity contribution in [2.45, 2.75) is 73.3 Å². The smallest absolute Gasteiger partial charge is 0.0672 e. The van der Waals surface area contributed by atoms with E-state index in [0.29, 0.717) is 17.4 Å². The van der Waals surface area contributed by atoms with Gasteiger partial charge in [-0.2, -0.15) is 5.26 Å². The predicted molar refractivity (Wildman–Crippen MR) is 86.4 cm³/mol. The molecule has 1 fully saturated rings. The molecule has 3 atom stereocenters. The summed E-state index contributed by atoms with van der Waals surface area (Å²) in [6.45, 7) is 16.1. The first-order valence-corrected chi connectivity index (χ1v) is 8.49. The molecule has 20 heavy (non-hydrogen) atoms. The van der Waals surface area contributed by atoms with Gasteiger partial charge in [-0.05, 0) is 43.1 Å². The van der Waals surface area contributed by atoms with E-state index in [-0.39, 0.29) is 5.92 Å². The zero-order chi connectivity index (χ0) is 15.3. The fourth-order valence-corrected chi connectivity index (χ4v) is 3.67. The summed E-state index contributed by atoms with van der Waals surface area (Å²) < 4.78 is 0. The van der Waals surface area contributed by atoms with Crippen LogP contribution in [0.5, 0.6) is 0 Å². The van der Waals surface area contributed by atoms with Crippen LogP contribution < -0.4 is 0 Å². The summed E-state index contributed by atoms with van der Waals surface area (Å²) in [5.41, 5.74) is 0.413. The average molecular weight is 278 g/mol. The molecule has 1 aliphatic carbocycles. The van der Waals surface area contributed by atoms with Crippen molar-refractivity contribution in [3.63, 3.8) is 0 Å². The summed E-state index contributed by atoms with van der Waals surface area (Å²) >= 11 is 0. The third-order valence-electron chi connectivity index (χ3n) is 5.47. The summed E-state index contributed by atoms with van der Waals surface area (Å²) in [4.78, 5) is 2.57. The summed E-state index contributed by atoms with van der Waals surface area (Å²) in [7, 11) is 0. The van der Waals surface area contributed by atoms with Crippen molar-refractivity contribution in [1.82, 2.24) is 4.90 Å². The van der Waals surface area contributed by atoms with Crippen LogP contribution in [0, 0.1) is 34.5 Å². The van der Waals surface area contributed by atoms with Crippen molar-refractivity contribution in [1.29, 1.82) is 5.26 Å². The number of nitriles is 1. The molecule has 0 N–H and O–H groups in total. The van der Waals surface area contributed by atoms with Gasteiger partial charge in [0.2, 0.25) is 0 Å². The Kier molecular flexibility index (Phi) is 6.52. The Morgan fingerprint density at radius 2 is 1.90 bits per heavy atom. The molecule has 1 saturated carbocycles. The highest BCUT2D eigenvalue weighted by molar-refractivity contribution is 4.99. The summed E-state index contributed by atoms with van der Waals surface area (Å²) in [5.74, 6) is 1.68. The molecule has 0 saturated heterocycles. The molecule has 0 aliphatic heterocycles. The minimum Gasteiger partial charge on any atom is -0.299 e. The van der Waals surface area contributed by atoms with Crippen molar-refractivity contribution in [3.8, 4) is 6.07 Å². The Labute approximate surface area is 126 Å². The molecule has 1 rings (SSSR count). The van der Waals surface area contributed by atoms with Gasteiger partial charge in [0.1, 0.15) is 0 Å². The summed E-state index contributed by atoms with van der Waals surface area (Å²) in [6, 6.07) is 3.06. The van der Waals surface area contributed by atoms with E-state index in [9.17, 15) is 5.26 Å². The van der Waals surface area contributed by atoms with Crippen molar-refractivity contribution >= 4 is 0 Å². The van der Waals surface area contributed by atoms with Crippen LogP contribution in [0.25, 0.3) is 0 Å². The molecule has 2 nitrogen and oxygen atoms in total. The van der Waals surface area contributed by atoms with Crippen LogP contribution in [-0.4, -0.2) is 24.0 Å². The molecule has 2 heteroatoms. The second-order valence-electron chi connectivity index (χ2n) is 7.64. The molecule has 0 radical (unpaired) electrons. The maximum atomic E-state index is 9.51. The van der Waals surface area contributed by atoms with Crippen molar-refractivity contribution < 1.29 is 0 Å². The lowest BCUT2D eigenvalue weighted by Gasteiger charge is -2.45. The molecule has 3 unspecified atom stereocenters. The van der Waals surface area contributed by atoms with Crippen LogP contribution in [0.4, 0.5) is 0 Å². The Balaban J connectivity index is 2.85. The predicted octanol–water partition coefficient (Wildman–Crippen LogP) is 4.71. The van der Waals surface area contributed by atoms with Gasteiger partial charge in [0.05, 0.1) is 12.0 Å². The maximum Gasteiger partial charge on any atom is 0.0672 e. The normalized spacial score (nSPS) is 27.9. The second-order valence-corrected chi connectivity index (χ2v) is 7.64. The monoisotopic (exact) mass is 278 g/mol. The van der Waals surface area contributed by atoms with Gasteiger partial charge < -0.3 is 0 Å². The first kappa shape index (κ1) is 17.5. The third kappa shape index (κ3) is 4.22. The first-order valence-electron chi connectivity index (χ1n) is 8.49. The standard InChI is InChI=1S/C18H34N2/c1-7-18(5,6)16-10-9-15(12-19)17(11-16)20(8-2)13-14(3)4/h14-17H,7-11,13H2,1-6H3. The molecule has 0 amide bonds. The summed E-state index contributed by atoms with van der Waals surface area (Å²) in [5, 5.41) is 9.51. The molecule has 0 heterocycles. The molecule has 0 aromatic heterocycles. The van der Waals surface area contributed by atoms with Crippen LogP contribution in [-0.2, 0) is 0 Å². The molecule has 116 valence electrons. The SMILES string of the molecule is CCN(CC(C)C)C1CC(C(C)(C)CC)CCC1C#N. The minimum absolute atomic E-state index is 0.234. The van der Waals surface area contributed by atoms with Gasteiger partial charge in [-0.3, -0.25) is 4.90 Å². The first-order chi connectivity index (χ1) is 9.35. The highest BCUT2D eigenvalue weighted by Gasteiger charge is 2.39. The van der Waals surface area contributed by atoms with Crippen molar-refractivity contribution in [2.75, 3.05) is 13.1 Å². The van der Waals surface area contributed by atoms with Gasteiger partial charge >= 0.3 is 0 Å². The number of hydrogen-bond acceptors (Lipinski definition) is 2. The van der Waals surface area contributed by atoms with Crippen LogP contribution in [0.2, 0.25) is 0 Å². The van der Waals surface area contributed by atoms with E-state index < -0.39 is 0 Å². The molecule has 0 spiro atoms. The van der Waals surface area contributed by atoms with E-state index in [1.165, 1.54) is 19.3 Å². The maximum absolute atomic E-state index is 9.51. The molecule has 1 aliphatic rings. The molecule has 0 bridgehead atoms. The average Bonchev–Trinajstić information content (AvgIpc) is 2.43. The lowest BCUT2D eigenvalue weighted by molar-refractivity contribution is 0.0484. The lowest BCUT2D eigenvalue weighted by Crippen LogP contribution is -2.47. The topological polar surface area (TPSA) is 27.0 Å². The van der Waals surface area contributed by atoms with Gasteiger partial charge in [-0.25, -0.2) is 0 Å². The Morgan fingerprint density at radius 3 is 2.35 bits per heavy atom. The summed E-state index contributed by atoms with van der Waals surface area (Å²) in [6.07, 6.45) is 4.76. The Morgan fingerprint density at radius 1 is 1.25 bits per heavy atom. The Hall–Kier alpha value is -0.550. The number of nitrogens with zero attached hydrogens (tertiary/aromatic N) is 2. The molecular formula is C18H34N2. The minimum atomic E-state index is 0.234. The van der Waals surface area contributed by atoms with Gasteiger partial charge in [0, 0.05) is 12.6 Å². The molecular weight excluding hydrogens is 244 g/mol. The fourth-order valence-electron chi connectivity index (χ4n) is 3.67. The molecule has 0 aromatic carbocycles. The second kappa shape index (κ2) is 7.46. The Bertz CT molecular complexity index is 327. The lowest BCUT2D eigenvalue weighted by atomic mass is 9.66. The third-order valence-corrected chi connectivity index (χ3v) is 5.47. The van der Waals surface area contributed by atoms with E-state index in [4.69, 9.17) is 0 Å². The van der Waals surface area contributed by atoms with Gasteiger partial charge in [0.15, 0.2) is 0 Å². The van der Waals surface area contributed by atoms with Gasteiger partial charge in [-0.15, -0.1) is 0 Å².